The lowest BCUT2D eigenvalue weighted by Gasteiger charge is -2.31. The van der Waals surface area contributed by atoms with Gasteiger partial charge in [-0.3, -0.25) is 9.59 Å². The van der Waals surface area contributed by atoms with Crippen molar-refractivity contribution in [3.63, 3.8) is 0 Å². The number of nitrogens with zero attached hydrogens (tertiary/aromatic N) is 2. The van der Waals surface area contributed by atoms with Crippen molar-refractivity contribution in [2.24, 2.45) is 11.0 Å². The predicted molar refractivity (Wildman–Crippen MR) is 122 cm³/mol. The number of methoxy groups -OCH3 is 3. The van der Waals surface area contributed by atoms with Crippen molar-refractivity contribution in [2.75, 3.05) is 34.4 Å². The molecule has 3 rings (SSSR count). The number of carbonyl (C=O) groups excluding carboxylic acids is 2. The molecule has 0 saturated carbocycles. The number of nitrogens with one attached hydrogen (secondary N) is 1. The van der Waals surface area contributed by atoms with Crippen molar-refractivity contribution in [3.8, 4) is 17.2 Å². The molecule has 0 aliphatic carbocycles. The van der Waals surface area contributed by atoms with Crippen LogP contribution in [0.5, 0.6) is 17.2 Å². The van der Waals surface area contributed by atoms with Gasteiger partial charge in [-0.1, -0.05) is 11.6 Å². The molecule has 0 bridgehead atoms. The number of piperidine rings is 1. The van der Waals surface area contributed by atoms with Crippen molar-refractivity contribution >= 4 is 29.6 Å². The Morgan fingerprint density at radius 1 is 1.03 bits per heavy atom. The van der Waals surface area contributed by atoms with Gasteiger partial charge in [0, 0.05) is 35.2 Å². The Morgan fingerprint density at radius 3 is 2.16 bits per heavy atom. The molecule has 0 unspecified atom stereocenters. The Kier molecular flexibility index (Phi) is 7.94. The molecule has 170 valence electrons. The van der Waals surface area contributed by atoms with Gasteiger partial charge in [0.05, 0.1) is 27.5 Å². The highest BCUT2D eigenvalue weighted by Crippen LogP contribution is 2.37. The molecule has 2 amide bonds. The lowest BCUT2D eigenvalue weighted by molar-refractivity contribution is -0.126. The van der Waals surface area contributed by atoms with Crippen LogP contribution in [0, 0.1) is 5.92 Å². The van der Waals surface area contributed by atoms with E-state index in [1.807, 2.05) is 0 Å². The Balaban J connectivity index is 1.54. The summed E-state index contributed by atoms with van der Waals surface area (Å²) in [5.41, 5.74) is 3.86. The van der Waals surface area contributed by atoms with Crippen molar-refractivity contribution in [2.45, 2.75) is 12.8 Å². The first kappa shape index (κ1) is 23.4. The summed E-state index contributed by atoms with van der Waals surface area (Å²) in [5.74, 6) is 1.04. The summed E-state index contributed by atoms with van der Waals surface area (Å²) in [6.45, 7) is 1.02. The molecule has 1 saturated heterocycles. The molecular weight excluding hydrogens is 434 g/mol. The third kappa shape index (κ3) is 5.50. The van der Waals surface area contributed by atoms with Gasteiger partial charge in [0.25, 0.3) is 5.91 Å². The molecule has 0 aromatic heterocycles. The average molecular weight is 460 g/mol. The maximum Gasteiger partial charge on any atom is 0.253 e. The van der Waals surface area contributed by atoms with Gasteiger partial charge in [0.1, 0.15) is 0 Å². The second-order valence-electron chi connectivity index (χ2n) is 7.27. The number of rotatable bonds is 7. The van der Waals surface area contributed by atoms with Crippen LogP contribution in [0.15, 0.2) is 41.5 Å². The van der Waals surface area contributed by atoms with Crippen molar-refractivity contribution in [1.82, 2.24) is 10.3 Å². The molecule has 1 aliphatic heterocycles. The second-order valence-corrected chi connectivity index (χ2v) is 7.70. The van der Waals surface area contributed by atoms with Crippen LogP contribution in [0.4, 0.5) is 0 Å². The average Bonchev–Trinajstić information content (AvgIpc) is 2.83. The number of ether oxygens (including phenoxy) is 3. The van der Waals surface area contributed by atoms with Gasteiger partial charge < -0.3 is 19.1 Å². The molecule has 9 heteroatoms. The van der Waals surface area contributed by atoms with E-state index in [-0.39, 0.29) is 17.7 Å². The minimum absolute atomic E-state index is 0.0547. The van der Waals surface area contributed by atoms with Crippen LogP contribution < -0.4 is 19.6 Å². The van der Waals surface area contributed by atoms with E-state index in [9.17, 15) is 9.59 Å². The Bertz CT molecular complexity index is 961. The molecule has 1 aliphatic rings. The third-order valence-electron chi connectivity index (χ3n) is 5.32. The summed E-state index contributed by atoms with van der Waals surface area (Å²) in [4.78, 5) is 26.9. The van der Waals surface area contributed by atoms with Gasteiger partial charge in [-0.2, -0.15) is 5.10 Å². The molecule has 1 heterocycles. The predicted octanol–water partition coefficient (Wildman–Crippen LogP) is 3.37. The highest BCUT2D eigenvalue weighted by atomic mass is 35.5. The zero-order chi connectivity index (χ0) is 23.1. The first-order valence-electron chi connectivity index (χ1n) is 10.1. The monoisotopic (exact) mass is 459 g/mol. The molecule has 2 aromatic rings. The standard InChI is InChI=1S/C23H26ClN3O5/c1-30-19-12-15(13-20(31-2)21(19)32-3)14-25-26-22(28)16-8-10-27(11-9-16)23(29)17-4-6-18(24)7-5-17/h4-7,12-14,16H,8-11H2,1-3H3,(H,26,28)/b25-14-. The summed E-state index contributed by atoms with van der Waals surface area (Å²) < 4.78 is 15.9. The van der Waals surface area contributed by atoms with E-state index in [4.69, 9.17) is 25.8 Å². The number of hydrogen-bond donors (Lipinski definition) is 1. The number of amides is 2. The molecule has 0 spiro atoms. The van der Waals surface area contributed by atoms with Gasteiger partial charge >= 0.3 is 0 Å². The fourth-order valence-electron chi connectivity index (χ4n) is 3.56. The van der Waals surface area contributed by atoms with Crippen molar-refractivity contribution < 1.29 is 23.8 Å². The van der Waals surface area contributed by atoms with Crippen LogP contribution in [0.2, 0.25) is 5.02 Å². The summed E-state index contributed by atoms with van der Waals surface area (Å²) in [5, 5.41) is 4.65. The number of hydrogen-bond acceptors (Lipinski definition) is 6. The fourth-order valence-corrected chi connectivity index (χ4v) is 3.68. The summed E-state index contributed by atoms with van der Waals surface area (Å²) in [6, 6.07) is 10.3. The van der Waals surface area contributed by atoms with Crippen LogP contribution in [-0.2, 0) is 4.79 Å². The highest BCUT2D eigenvalue weighted by Gasteiger charge is 2.27. The Morgan fingerprint density at radius 2 is 1.62 bits per heavy atom. The smallest absolute Gasteiger partial charge is 0.253 e. The molecular formula is C23H26ClN3O5. The maximum atomic E-state index is 12.6. The van der Waals surface area contributed by atoms with Gasteiger partial charge in [-0.15, -0.1) is 0 Å². The molecule has 1 N–H and O–H groups in total. The lowest BCUT2D eigenvalue weighted by atomic mass is 9.95. The van der Waals surface area contributed by atoms with E-state index in [1.165, 1.54) is 27.5 Å². The largest absolute Gasteiger partial charge is 0.493 e. The Labute approximate surface area is 192 Å². The lowest BCUT2D eigenvalue weighted by Crippen LogP contribution is -2.42. The van der Waals surface area contributed by atoms with Crippen molar-refractivity contribution in [3.05, 3.63) is 52.5 Å². The fraction of sp³-hybridized carbons (Fsp3) is 0.348. The highest BCUT2D eigenvalue weighted by molar-refractivity contribution is 6.30. The minimum Gasteiger partial charge on any atom is -0.493 e. The van der Waals surface area contributed by atoms with Crippen molar-refractivity contribution in [1.29, 1.82) is 0 Å². The van der Waals surface area contributed by atoms with E-state index in [1.54, 1.807) is 41.3 Å². The number of benzene rings is 2. The molecule has 8 nitrogen and oxygen atoms in total. The molecule has 1 fully saturated rings. The summed E-state index contributed by atoms with van der Waals surface area (Å²) in [7, 11) is 4.59. The topological polar surface area (TPSA) is 89.5 Å². The van der Waals surface area contributed by atoms with Gasteiger partial charge in [-0.05, 0) is 49.2 Å². The van der Waals surface area contributed by atoms with E-state index in [2.05, 4.69) is 10.5 Å². The zero-order valence-electron chi connectivity index (χ0n) is 18.3. The zero-order valence-corrected chi connectivity index (χ0v) is 19.0. The van der Waals surface area contributed by atoms with E-state index >= 15 is 0 Å². The van der Waals surface area contributed by atoms with E-state index in [0.717, 1.165) is 0 Å². The van der Waals surface area contributed by atoms with Gasteiger partial charge in [0.15, 0.2) is 11.5 Å². The third-order valence-corrected chi connectivity index (χ3v) is 5.57. The van der Waals surface area contributed by atoms with Gasteiger partial charge in [0.2, 0.25) is 11.7 Å². The van der Waals surface area contributed by atoms with Crippen LogP contribution in [0.1, 0.15) is 28.8 Å². The van der Waals surface area contributed by atoms with Crippen LogP contribution in [-0.4, -0.2) is 57.3 Å². The second kappa shape index (κ2) is 10.9. The summed E-state index contributed by atoms with van der Waals surface area (Å²) in [6.07, 6.45) is 2.66. The SMILES string of the molecule is COc1cc(/C=N\NC(=O)C2CCN(C(=O)c3ccc(Cl)cc3)CC2)cc(OC)c1OC. The first-order chi connectivity index (χ1) is 15.5. The van der Waals surface area contributed by atoms with Crippen LogP contribution in [0.3, 0.4) is 0 Å². The van der Waals surface area contributed by atoms with Crippen LogP contribution in [0.25, 0.3) is 0 Å². The molecule has 0 radical (unpaired) electrons. The maximum absolute atomic E-state index is 12.6. The Hall–Kier alpha value is -3.26. The van der Waals surface area contributed by atoms with Crippen LogP contribution >= 0.6 is 11.6 Å². The number of hydrazone groups is 1. The summed E-state index contributed by atoms with van der Waals surface area (Å²) >= 11 is 5.88. The normalized spacial score (nSPS) is 14.3. The molecule has 2 aromatic carbocycles. The van der Waals surface area contributed by atoms with E-state index in [0.29, 0.717) is 59.3 Å². The first-order valence-corrected chi connectivity index (χ1v) is 10.5. The number of carbonyl (C=O) groups is 2. The van der Waals surface area contributed by atoms with E-state index < -0.39 is 0 Å². The van der Waals surface area contributed by atoms with Gasteiger partial charge in [-0.25, -0.2) is 5.43 Å². The molecule has 0 atom stereocenters. The number of halogens is 1. The minimum atomic E-state index is -0.207. The molecule has 32 heavy (non-hydrogen) atoms. The quantitative estimate of drug-likeness (QED) is 0.506. The number of likely N-dealkylation sites (tertiary alicyclic amines) is 1.